The average molecular weight is 297 g/mol. The molecule has 22 heavy (non-hydrogen) atoms. The van der Waals surface area contributed by atoms with Crippen LogP contribution in [0.5, 0.6) is 0 Å². The minimum atomic E-state index is 0.0210. The summed E-state index contributed by atoms with van der Waals surface area (Å²) in [6.45, 7) is 2.81. The fourth-order valence-corrected chi connectivity index (χ4v) is 2.19. The van der Waals surface area contributed by atoms with E-state index in [1.54, 1.807) is 0 Å². The zero-order valence-corrected chi connectivity index (χ0v) is 13.1. The molecule has 1 amide bonds. The van der Waals surface area contributed by atoms with Crippen LogP contribution in [0.25, 0.3) is 0 Å². The third-order valence-corrected chi connectivity index (χ3v) is 3.45. The molecule has 0 radical (unpaired) electrons. The highest BCUT2D eigenvalue weighted by Crippen LogP contribution is 2.20. The second-order valence-electron chi connectivity index (χ2n) is 5.26. The largest absolute Gasteiger partial charge is 0.379 e. The molecule has 0 bridgehead atoms. The molecule has 0 aromatic heterocycles. The van der Waals surface area contributed by atoms with Crippen molar-refractivity contribution in [3.8, 4) is 0 Å². The van der Waals surface area contributed by atoms with E-state index in [0.717, 1.165) is 11.4 Å². The molecule has 0 fully saturated rings. The molecule has 1 unspecified atom stereocenters. The van der Waals surface area contributed by atoms with Gasteiger partial charge in [0.2, 0.25) is 5.91 Å². The van der Waals surface area contributed by atoms with Gasteiger partial charge in [-0.05, 0) is 43.8 Å². The summed E-state index contributed by atoms with van der Waals surface area (Å²) in [5.41, 5.74) is 3.09. The molecule has 0 aliphatic carbocycles. The molecular formula is C18H23N3O. The molecule has 1 atom stereocenters. The smallest absolute Gasteiger partial charge is 0.225 e. The SMILES string of the molecule is CNCCC(=O)Nc1ccc(NC(C)c2ccccc2)cc1. The molecule has 0 aliphatic heterocycles. The Morgan fingerprint density at radius 2 is 1.64 bits per heavy atom. The van der Waals surface area contributed by atoms with Crippen LogP contribution in [0.4, 0.5) is 11.4 Å². The molecule has 2 aromatic rings. The van der Waals surface area contributed by atoms with E-state index < -0.39 is 0 Å². The lowest BCUT2D eigenvalue weighted by Gasteiger charge is -2.16. The predicted molar refractivity (Wildman–Crippen MR) is 92.1 cm³/mol. The lowest BCUT2D eigenvalue weighted by atomic mass is 10.1. The first kappa shape index (κ1) is 16.0. The van der Waals surface area contributed by atoms with Crippen molar-refractivity contribution < 1.29 is 4.79 Å². The van der Waals surface area contributed by atoms with Crippen LogP contribution in [0.1, 0.15) is 24.9 Å². The van der Waals surface area contributed by atoms with Gasteiger partial charge in [-0.3, -0.25) is 4.79 Å². The number of rotatable bonds is 7. The van der Waals surface area contributed by atoms with Gasteiger partial charge in [-0.15, -0.1) is 0 Å². The Labute approximate surface area is 131 Å². The third-order valence-electron chi connectivity index (χ3n) is 3.45. The van der Waals surface area contributed by atoms with Gasteiger partial charge in [0.05, 0.1) is 0 Å². The molecule has 2 rings (SSSR count). The number of hydrogen-bond acceptors (Lipinski definition) is 3. The van der Waals surface area contributed by atoms with E-state index in [1.165, 1.54) is 5.56 Å². The van der Waals surface area contributed by atoms with Crippen LogP contribution >= 0.6 is 0 Å². The highest BCUT2D eigenvalue weighted by molar-refractivity contribution is 5.90. The van der Waals surface area contributed by atoms with Gasteiger partial charge in [0, 0.05) is 30.4 Å². The van der Waals surface area contributed by atoms with E-state index in [0.29, 0.717) is 13.0 Å². The maximum atomic E-state index is 11.7. The second kappa shape index (κ2) is 8.20. The van der Waals surface area contributed by atoms with E-state index >= 15 is 0 Å². The highest BCUT2D eigenvalue weighted by atomic mass is 16.1. The maximum absolute atomic E-state index is 11.7. The van der Waals surface area contributed by atoms with Crippen LogP contribution in [-0.2, 0) is 4.79 Å². The van der Waals surface area contributed by atoms with Gasteiger partial charge < -0.3 is 16.0 Å². The Hall–Kier alpha value is -2.33. The average Bonchev–Trinajstić information content (AvgIpc) is 2.55. The van der Waals surface area contributed by atoms with Crippen molar-refractivity contribution in [2.75, 3.05) is 24.2 Å². The molecule has 0 heterocycles. The van der Waals surface area contributed by atoms with E-state index in [4.69, 9.17) is 0 Å². The molecule has 0 aliphatic rings. The van der Waals surface area contributed by atoms with Crippen molar-refractivity contribution in [3.05, 3.63) is 60.2 Å². The van der Waals surface area contributed by atoms with Crippen molar-refractivity contribution in [3.63, 3.8) is 0 Å². The van der Waals surface area contributed by atoms with Crippen molar-refractivity contribution in [2.45, 2.75) is 19.4 Å². The standard InChI is InChI=1S/C18H23N3O/c1-14(15-6-4-3-5-7-15)20-16-8-10-17(11-9-16)21-18(22)12-13-19-2/h3-11,14,19-20H,12-13H2,1-2H3,(H,21,22). The topological polar surface area (TPSA) is 53.2 Å². The molecule has 0 saturated carbocycles. The van der Waals surface area contributed by atoms with Gasteiger partial charge >= 0.3 is 0 Å². The summed E-state index contributed by atoms with van der Waals surface area (Å²) in [6.07, 6.45) is 0.474. The van der Waals surface area contributed by atoms with Crippen molar-refractivity contribution in [1.82, 2.24) is 5.32 Å². The fraction of sp³-hybridized carbons (Fsp3) is 0.278. The highest BCUT2D eigenvalue weighted by Gasteiger charge is 2.05. The second-order valence-corrected chi connectivity index (χ2v) is 5.26. The molecule has 4 nitrogen and oxygen atoms in total. The van der Waals surface area contributed by atoms with Crippen molar-refractivity contribution >= 4 is 17.3 Å². The number of hydrogen-bond donors (Lipinski definition) is 3. The summed E-state index contributed by atoms with van der Waals surface area (Å²) in [7, 11) is 1.83. The van der Waals surface area contributed by atoms with Gasteiger partial charge in [0.25, 0.3) is 0 Å². The lowest BCUT2D eigenvalue weighted by molar-refractivity contribution is -0.116. The molecular weight excluding hydrogens is 274 g/mol. The van der Waals surface area contributed by atoms with Crippen molar-refractivity contribution in [1.29, 1.82) is 0 Å². The molecule has 0 spiro atoms. The Bertz CT molecular complexity index is 581. The molecule has 3 N–H and O–H groups in total. The Morgan fingerprint density at radius 1 is 1.00 bits per heavy atom. The summed E-state index contributed by atoms with van der Waals surface area (Å²) in [6, 6.07) is 18.3. The quantitative estimate of drug-likeness (QED) is 0.734. The van der Waals surface area contributed by atoms with Crippen LogP contribution < -0.4 is 16.0 Å². The van der Waals surface area contributed by atoms with Crippen LogP contribution in [-0.4, -0.2) is 19.5 Å². The Morgan fingerprint density at radius 3 is 2.27 bits per heavy atom. The van der Waals surface area contributed by atoms with E-state index in [1.807, 2.05) is 49.5 Å². The molecule has 116 valence electrons. The number of anilines is 2. The first-order valence-electron chi connectivity index (χ1n) is 7.55. The maximum Gasteiger partial charge on any atom is 0.225 e. The van der Waals surface area contributed by atoms with Gasteiger partial charge in [0.1, 0.15) is 0 Å². The number of amides is 1. The van der Waals surface area contributed by atoms with Gasteiger partial charge in [-0.25, -0.2) is 0 Å². The van der Waals surface area contributed by atoms with Crippen LogP contribution in [0, 0.1) is 0 Å². The summed E-state index contributed by atoms with van der Waals surface area (Å²) in [4.78, 5) is 11.7. The third kappa shape index (κ3) is 4.90. The normalized spacial score (nSPS) is 11.7. The first-order valence-corrected chi connectivity index (χ1v) is 7.55. The van der Waals surface area contributed by atoms with Crippen LogP contribution in [0.3, 0.4) is 0 Å². The number of carbonyl (C=O) groups is 1. The van der Waals surface area contributed by atoms with Gasteiger partial charge in [-0.2, -0.15) is 0 Å². The number of benzene rings is 2. The van der Waals surface area contributed by atoms with Crippen LogP contribution in [0.15, 0.2) is 54.6 Å². The summed E-state index contributed by atoms with van der Waals surface area (Å²) >= 11 is 0. The Balaban J connectivity index is 1.90. The summed E-state index contributed by atoms with van der Waals surface area (Å²) < 4.78 is 0. The summed E-state index contributed by atoms with van der Waals surface area (Å²) in [5, 5.41) is 9.29. The monoisotopic (exact) mass is 297 g/mol. The minimum Gasteiger partial charge on any atom is -0.379 e. The molecule has 4 heteroatoms. The Kier molecular flexibility index (Phi) is 5.98. The molecule has 2 aromatic carbocycles. The minimum absolute atomic E-state index is 0.0210. The van der Waals surface area contributed by atoms with E-state index in [-0.39, 0.29) is 11.9 Å². The van der Waals surface area contributed by atoms with Gasteiger partial charge in [-0.1, -0.05) is 30.3 Å². The molecule has 0 saturated heterocycles. The van der Waals surface area contributed by atoms with Crippen LogP contribution in [0.2, 0.25) is 0 Å². The fourth-order valence-electron chi connectivity index (χ4n) is 2.19. The van der Waals surface area contributed by atoms with Gasteiger partial charge in [0.15, 0.2) is 0 Å². The van der Waals surface area contributed by atoms with E-state index in [9.17, 15) is 4.79 Å². The zero-order chi connectivity index (χ0) is 15.8. The number of nitrogens with one attached hydrogen (secondary N) is 3. The summed E-state index contributed by atoms with van der Waals surface area (Å²) in [5.74, 6) is 0.0210. The first-order chi connectivity index (χ1) is 10.7. The van der Waals surface area contributed by atoms with Crippen molar-refractivity contribution in [2.24, 2.45) is 0 Å². The predicted octanol–water partition coefficient (Wildman–Crippen LogP) is 3.41. The van der Waals surface area contributed by atoms with E-state index in [2.05, 4.69) is 35.0 Å². The zero-order valence-electron chi connectivity index (χ0n) is 13.1. The number of carbonyl (C=O) groups excluding carboxylic acids is 1. The lowest BCUT2D eigenvalue weighted by Crippen LogP contribution is -2.18.